The molecule has 0 bridgehead atoms. The minimum absolute atomic E-state index is 0.0192. The summed E-state index contributed by atoms with van der Waals surface area (Å²) in [5.74, 6) is 0.349. The standard InChI is InChI=1S/C20H19Cl2N3O2S/c1-11-16-18(25-12-7-8-14(21)15(22)9-12)23-10-24-19(16)28-17(11)20(26)27-13-5-3-2-4-6-13/h7-10,13H,2-6H2,1H3,(H,23,24,25). The van der Waals surface area contributed by atoms with Crippen molar-refractivity contribution in [2.24, 2.45) is 0 Å². The summed E-state index contributed by atoms with van der Waals surface area (Å²) < 4.78 is 5.75. The summed E-state index contributed by atoms with van der Waals surface area (Å²) in [7, 11) is 0. The number of benzene rings is 1. The SMILES string of the molecule is Cc1c(C(=O)OC2CCCCC2)sc2ncnc(Nc3ccc(Cl)c(Cl)c3)c12. The molecule has 1 aromatic carbocycles. The lowest BCUT2D eigenvalue weighted by Gasteiger charge is -2.21. The lowest BCUT2D eigenvalue weighted by molar-refractivity contribution is 0.0216. The Hall–Kier alpha value is -1.89. The van der Waals surface area contributed by atoms with Crippen molar-refractivity contribution < 1.29 is 9.53 Å². The largest absolute Gasteiger partial charge is 0.458 e. The first-order valence-electron chi connectivity index (χ1n) is 9.20. The number of hydrogen-bond acceptors (Lipinski definition) is 6. The molecular weight excluding hydrogens is 417 g/mol. The number of carbonyl (C=O) groups excluding carboxylic acids is 1. The molecule has 5 nitrogen and oxygen atoms in total. The second kappa shape index (κ2) is 8.23. The Morgan fingerprint density at radius 2 is 1.96 bits per heavy atom. The number of thiophene rings is 1. The predicted octanol–water partition coefficient (Wildman–Crippen LogP) is 6.54. The highest BCUT2D eigenvalue weighted by Gasteiger charge is 2.24. The highest BCUT2D eigenvalue weighted by Crippen LogP contribution is 2.36. The van der Waals surface area contributed by atoms with Crippen LogP contribution in [-0.4, -0.2) is 22.0 Å². The maximum atomic E-state index is 12.7. The smallest absolute Gasteiger partial charge is 0.348 e. The Bertz CT molecular complexity index is 1030. The van der Waals surface area contributed by atoms with Gasteiger partial charge in [-0.2, -0.15) is 0 Å². The topological polar surface area (TPSA) is 64.1 Å². The predicted molar refractivity (Wildman–Crippen MR) is 114 cm³/mol. The Balaban J connectivity index is 1.64. The number of ether oxygens (including phenoxy) is 1. The number of aryl methyl sites for hydroxylation is 1. The van der Waals surface area contributed by atoms with Crippen molar-refractivity contribution in [1.82, 2.24) is 9.97 Å². The van der Waals surface area contributed by atoms with Crippen molar-refractivity contribution in [3.05, 3.63) is 45.0 Å². The molecule has 0 amide bonds. The zero-order valence-electron chi connectivity index (χ0n) is 15.3. The van der Waals surface area contributed by atoms with Crippen LogP contribution in [0.4, 0.5) is 11.5 Å². The molecule has 1 fully saturated rings. The van der Waals surface area contributed by atoms with Gasteiger partial charge in [-0.05, 0) is 56.4 Å². The van der Waals surface area contributed by atoms with Gasteiger partial charge in [-0.3, -0.25) is 0 Å². The van der Waals surface area contributed by atoms with Crippen molar-refractivity contribution in [2.45, 2.75) is 45.1 Å². The molecule has 1 aliphatic carbocycles. The van der Waals surface area contributed by atoms with Gasteiger partial charge in [0, 0.05) is 5.69 Å². The highest BCUT2D eigenvalue weighted by atomic mass is 35.5. The van der Waals surface area contributed by atoms with E-state index >= 15 is 0 Å². The number of esters is 1. The molecule has 8 heteroatoms. The summed E-state index contributed by atoms with van der Waals surface area (Å²) in [4.78, 5) is 22.8. The Morgan fingerprint density at radius 3 is 2.71 bits per heavy atom. The monoisotopic (exact) mass is 435 g/mol. The van der Waals surface area contributed by atoms with Gasteiger partial charge >= 0.3 is 5.97 Å². The molecule has 0 aliphatic heterocycles. The van der Waals surface area contributed by atoms with Gasteiger partial charge in [-0.1, -0.05) is 29.6 Å². The lowest BCUT2D eigenvalue weighted by atomic mass is 9.98. The van der Waals surface area contributed by atoms with Gasteiger partial charge < -0.3 is 10.1 Å². The lowest BCUT2D eigenvalue weighted by Crippen LogP contribution is -2.20. The number of nitrogens with zero attached hydrogens (tertiary/aromatic N) is 2. The van der Waals surface area contributed by atoms with Gasteiger partial charge in [-0.15, -0.1) is 11.3 Å². The quantitative estimate of drug-likeness (QED) is 0.471. The van der Waals surface area contributed by atoms with Gasteiger partial charge in [0.1, 0.15) is 28.0 Å². The van der Waals surface area contributed by atoms with Crippen LogP contribution in [0.1, 0.15) is 47.3 Å². The van der Waals surface area contributed by atoms with Crippen molar-refractivity contribution in [3.8, 4) is 0 Å². The van der Waals surface area contributed by atoms with E-state index in [9.17, 15) is 4.79 Å². The zero-order chi connectivity index (χ0) is 19.7. The van der Waals surface area contributed by atoms with E-state index in [0.717, 1.165) is 47.2 Å². The number of aromatic nitrogens is 2. The molecule has 0 unspecified atom stereocenters. The van der Waals surface area contributed by atoms with E-state index in [4.69, 9.17) is 27.9 Å². The Labute approximate surface area is 177 Å². The molecule has 146 valence electrons. The molecule has 4 rings (SSSR count). The van der Waals surface area contributed by atoms with E-state index in [1.807, 2.05) is 13.0 Å². The number of fused-ring (bicyclic) bond motifs is 1. The van der Waals surface area contributed by atoms with Crippen molar-refractivity contribution in [3.63, 3.8) is 0 Å². The Morgan fingerprint density at radius 1 is 1.18 bits per heavy atom. The van der Waals surface area contributed by atoms with Gasteiger partial charge in [0.15, 0.2) is 0 Å². The van der Waals surface area contributed by atoms with Gasteiger partial charge in [0.05, 0.1) is 15.4 Å². The molecule has 0 saturated heterocycles. The van der Waals surface area contributed by atoms with Crippen LogP contribution in [0, 0.1) is 6.92 Å². The summed E-state index contributed by atoms with van der Waals surface area (Å²) in [6, 6.07) is 5.28. The van der Waals surface area contributed by atoms with E-state index in [-0.39, 0.29) is 12.1 Å². The fourth-order valence-corrected chi connectivity index (χ4v) is 4.79. The summed E-state index contributed by atoms with van der Waals surface area (Å²) in [6.07, 6.45) is 6.84. The third-order valence-corrected chi connectivity index (χ3v) is 6.84. The molecule has 2 aromatic heterocycles. The van der Waals surface area contributed by atoms with Crippen LogP contribution in [0.3, 0.4) is 0 Å². The average Bonchev–Trinajstić information content (AvgIpc) is 3.03. The maximum absolute atomic E-state index is 12.7. The maximum Gasteiger partial charge on any atom is 0.348 e. The third-order valence-electron chi connectivity index (χ3n) is 4.92. The molecule has 0 atom stereocenters. The second-order valence-electron chi connectivity index (χ2n) is 6.88. The fourth-order valence-electron chi connectivity index (χ4n) is 3.46. The number of halogens is 2. The zero-order valence-corrected chi connectivity index (χ0v) is 17.6. The van der Waals surface area contributed by atoms with Crippen molar-refractivity contribution in [1.29, 1.82) is 0 Å². The molecule has 28 heavy (non-hydrogen) atoms. The second-order valence-corrected chi connectivity index (χ2v) is 8.69. The first-order chi connectivity index (χ1) is 13.5. The van der Waals surface area contributed by atoms with E-state index in [2.05, 4.69) is 15.3 Å². The van der Waals surface area contributed by atoms with Crippen LogP contribution < -0.4 is 5.32 Å². The molecular formula is C20H19Cl2N3O2S. The summed E-state index contributed by atoms with van der Waals surface area (Å²) >= 11 is 13.4. The first kappa shape index (κ1) is 19.4. The van der Waals surface area contributed by atoms with Crippen LogP contribution in [0.2, 0.25) is 10.0 Å². The minimum atomic E-state index is -0.270. The van der Waals surface area contributed by atoms with Crippen LogP contribution in [0.15, 0.2) is 24.5 Å². The van der Waals surface area contributed by atoms with Gasteiger partial charge in [0.25, 0.3) is 0 Å². The van der Waals surface area contributed by atoms with Crippen LogP contribution in [0.25, 0.3) is 10.2 Å². The Kier molecular flexibility index (Phi) is 5.71. The van der Waals surface area contributed by atoms with Crippen molar-refractivity contribution >= 4 is 62.2 Å². The van der Waals surface area contributed by atoms with Crippen LogP contribution in [-0.2, 0) is 4.74 Å². The molecule has 1 N–H and O–H groups in total. The summed E-state index contributed by atoms with van der Waals surface area (Å²) in [6.45, 7) is 1.90. The third kappa shape index (κ3) is 3.95. The number of nitrogens with one attached hydrogen (secondary N) is 1. The average molecular weight is 436 g/mol. The minimum Gasteiger partial charge on any atom is -0.458 e. The number of anilines is 2. The van der Waals surface area contributed by atoms with Crippen LogP contribution >= 0.6 is 34.5 Å². The molecule has 1 aliphatic rings. The summed E-state index contributed by atoms with van der Waals surface area (Å²) in [5, 5.41) is 5.00. The fraction of sp³-hybridized carbons (Fsp3) is 0.350. The van der Waals surface area contributed by atoms with Gasteiger partial charge in [0.2, 0.25) is 0 Å². The van der Waals surface area contributed by atoms with E-state index in [0.29, 0.717) is 20.7 Å². The van der Waals surface area contributed by atoms with Gasteiger partial charge in [-0.25, -0.2) is 14.8 Å². The van der Waals surface area contributed by atoms with E-state index < -0.39 is 0 Å². The highest BCUT2D eigenvalue weighted by molar-refractivity contribution is 7.20. The molecule has 0 spiro atoms. The number of hydrogen-bond donors (Lipinski definition) is 1. The molecule has 2 heterocycles. The van der Waals surface area contributed by atoms with Crippen LogP contribution in [0.5, 0.6) is 0 Å². The normalized spacial score (nSPS) is 15.0. The van der Waals surface area contributed by atoms with Crippen molar-refractivity contribution in [2.75, 3.05) is 5.32 Å². The van der Waals surface area contributed by atoms with E-state index in [1.165, 1.54) is 24.1 Å². The molecule has 3 aromatic rings. The molecule has 1 saturated carbocycles. The molecule has 0 radical (unpaired) electrons. The first-order valence-corrected chi connectivity index (χ1v) is 10.8. The summed E-state index contributed by atoms with van der Waals surface area (Å²) in [5.41, 5.74) is 1.58. The number of rotatable bonds is 4. The van der Waals surface area contributed by atoms with E-state index in [1.54, 1.807) is 12.1 Å². The number of carbonyl (C=O) groups is 1.